The zero-order valence-corrected chi connectivity index (χ0v) is 15.6. The van der Waals surface area contributed by atoms with E-state index in [1.54, 1.807) is 26.4 Å². The van der Waals surface area contributed by atoms with Crippen molar-refractivity contribution in [3.8, 4) is 11.5 Å². The quantitative estimate of drug-likeness (QED) is 0.571. The number of rotatable bonds is 4. The van der Waals surface area contributed by atoms with Gasteiger partial charge in [0.05, 0.1) is 18.7 Å². The number of hydrogen-bond acceptors (Lipinski definition) is 5. The topological polar surface area (TPSA) is 57.1 Å². The minimum Gasteiger partial charge on any atom is -0.493 e. The van der Waals surface area contributed by atoms with E-state index in [-0.39, 0.29) is 5.70 Å². The van der Waals surface area contributed by atoms with E-state index in [2.05, 4.69) is 20.9 Å². The average molecular weight is 402 g/mol. The van der Waals surface area contributed by atoms with Gasteiger partial charge in [0.2, 0.25) is 5.90 Å². The summed E-state index contributed by atoms with van der Waals surface area (Å²) in [6.07, 6.45) is 1.65. The van der Waals surface area contributed by atoms with Gasteiger partial charge in [-0.25, -0.2) is 9.79 Å². The second-order valence-electron chi connectivity index (χ2n) is 5.44. The summed E-state index contributed by atoms with van der Waals surface area (Å²) >= 11 is 3.43. The third-order valence-electron chi connectivity index (χ3n) is 3.68. The number of benzene rings is 2. The molecule has 0 aliphatic carbocycles. The zero-order chi connectivity index (χ0) is 18.0. The fourth-order valence-electron chi connectivity index (χ4n) is 2.41. The van der Waals surface area contributed by atoms with E-state index in [0.717, 1.165) is 21.2 Å². The molecule has 128 valence electrons. The van der Waals surface area contributed by atoms with Gasteiger partial charge in [-0.2, -0.15) is 0 Å². The highest BCUT2D eigenvalue weighted by atomic mass is 79.9. The molecule has 0 saturated heterocycles. The van der Waals surface area contributed by atoms with Crippen LogP contribution >= 0.6 is 15.9 Å². The van der Waals surface area contributed by atoms with Crippen molar-refractivity contribution in [2.24, 2.45) is 4.99 Å². The SMILES string of the molecule is COc1cc(C=C2N=C(c3ccc(C)cc3)OC2=O)cc(Br)c1OC. The second-order valence-corrected chi connectivity index (χ2v) is 6.29. The van der Waals surface area contributed by atoms with Crippen LogP contribution in [0.3, 0.4) is 0 Å². The molecule has 6 heteroatoms. The van der Waals surface area contributed by atoms with Crippen molar-refractivity contribution in [2.45, 2.75) is 6.92 Å². The number of aliphatic imine (C=N–C) groups is 1. The molecule has 2 aromatic carbocycles. The van der Waals surface area contributed by atoms with E-state index in [0.29, 0.717) is 17.4 Å². The van der Waals surface area contributed by atoms with E-state index in [4.69, 9.17) is 14.2 Å². The Bertz CT molecular complexity index is 885. The van der Waals surface area contributed by atoms with E-state index in [1.165, 1.54) is 0 Å². The number of cyclic esters (lactones) is 1. The Morgan fingerprint density at radius 2 is 1.84 bits per heavy atom. The number of carbonyl (C=O) groups excluding carboxylic acids is 1. The summed E-state index contributed by atoms with van der Waals surface area (Å²) in [4.78, 5) is 16.4. The van der Waals surface area contributed by atoms with Crippen molar-refractivity contribution in [3.05, 3.63) is 63.3 Å². The van der Waals surface area contributed by atoms with Crippen LogP contribution in [-0.4, -0.2) is 26.1 Å². The van der Waals surface area contributed by atoms with Gasteiger partial charge in [0.15, 0.2) is 17.2 Å². The smallest absolute Gasteiger partial charge is 0.363 e. The third-order valence-corrected chi connectivity index (χ3v) is 4.27. The Morgan fingerprint density at radius 3 is 2.48 bits per heavy atom. The van der Waals surface area contributed by atoms with Gasteiger partial charge < -0.3 is 14.2 Å². The number of nitrogens with zero attached hydrogens (tertiary/aromatic N) is 1. The van der Waals surface area contributed by atoms with Gasteiger partial charge in [-0.15, -0.1) is 0 Å². The molecule has 0 amide bonds. The molecule has 2 aromatic rings. The lowest BCUT2D eigenvalue weighted by atomic mass is 10.1. The molecule has 0 fully saturated rings. The predicted molar refractivity (Wildman–Crippen MR) is 99.0 cm³/mol. The van der Waals surface area contributed by atoms with Crippen LogP contribution in [0, 0.1) is 6.92 Å². The summed E-state index contributed by atoms with van der Waals surface area (Å²) in [5.74, 6) is 0.956. The van der Waals surface area contributed by atoms with Gasteiger partial charge >= 0.3 is 5.97 Å². The lowest BCUT2D eigenvalue weighted by molar-refractivity contribution is -0.129. The van der Waals surface area contributed by atoms with Crippen LogP contribution in [0.2, 0.25) is 0 Å². The summed E-state index contributed by atoms with van der Waals surface area (Å²) in [7, 11) is 3.12. The highest BCUT2D eigenvalue weighted by Gasteiger charge is 2.24. The highest BCUT2D eigenvalue weighted by Crippen LogP contribution is 2.37. The standard InChI is InChI=1S/C19H16BrNO4/c1-11-4-6-13(7-5-11)18-21-15(19(22)25-18)9-12-8-14(20)17(24-3)16(10-12)23-2/h4-10H,1-3H3. The fourth-order valence-corrected chi connectivity index (χ4v) is 3.03. The van der Waals surface area contributed by atoms with Gasteiger partial charge in [-0.1, -0.05) is 17.7 Å². The molecule has 0 spiro atoms. The van der Waals surface area contributed by atoms with Crippen LogP contribution in [0.4, 0.5) is 0 Å². The van der Waals surface area contributed by atoms with Crippen molar-refractivity contribution < 1.29 is 19.0 Å². The molecule has 0 aromatic heterocycles. The first-order chi connectivity index (χ1) is 12.0. The number of esters is 1. The summed E-state index contributed by atoms with van der Waals surface area (Å²) in [5.41, 5.74) is 2.86. The fraction of sp³-hybridized carbons (Fsp3) is 0.158. The Kier molecular flexibility index (Phi) is 4.90. The maximum Gasteiger partial charge on any atom is 0.363 e. The molecule has 1 heterocycles. The lowest BCUT2D eigenvalue weighted by Gasteiger charge is -2.10. The lowest BCUT2D eigenvalue weighted by Crippen LogP contribution is -2.05. The third kappa shape index (κ3) is 3.58. The van der Waals surface area contributed by atoms with Crippen LogP contribution in [0.5, 0.6) is 11.5 Å². The minimum absolute atomic E-state index is 0.231. The van der Waals surface area contributed by atoms with Gasteiger partial charge in [0.25, 0.3) is 0 Å². The molecular weight excluding hydrogens is 386 g/mol. The van der Waals surface area contributed by atoms with Crippen LogP contribution in [-0.2, 0) is 9.53 Å². The monoisotopic (exact) mass is 401 g/mol. The van der Waals surface area contributed by atoms with Gasteiger partial charge in [-0.05, 0) is 58.8 Å². The molecule has 0 atom stereocenters. The number of aryl methyl sites for hydroxylation is 1. The van der Waals surface area contributed by atoms with Crippen molar-refractivity contribution in [3.63, 3.8) is 0 Å². The van der Waals surface area contributed by atoms with Crippen molar-refractivity contribution in [2.75, 3.05) is 14.2 Å². The van der Waals surface area contributed by atoms with E-state index < -0.39 is 5.97 Å². The number of methoxy groups -OCH3 is 2. The molecule has 0 radical (unpaired) electrons. The highest BCUT2D eigenvalue weighted by molar-refractivity contribution is 9.10. The molecule has 0 saturated carbocycles. The number of ether oxygens (including phenoxy) is 3. The average Bonchev–Trinajstić information content (AvgIpc) is 2.95. The summed E-state index contributed by atoms with van der Waals surface area (Å²) in [6, 6.07) is 11.2. The molecule has 0 N–H and O–H groups in total. The van der Waals surface area contributed by atoms with Crippen LogP contribution in [0.25, 0.3) is 6.08 Å². The molecule has 5 nitrogen and oxygen atoms in total. The van der Waals surface area contributed by atoms with E-state index in [1.807, 2.05) is 37.3 Å². The van der Waals surface area contributed by atoms with Crippen molar-refractivity contribution >= 4 is 33.9 Å². The van der Waals surface area contributed by atoms with E-state index in [9.17, 15) is 4.79 Å². The molecule has 1 aliphatic rings. The predicted octanol–water partition coefficient (Wildman–Crippen LogP) is 4.12. The summed E-state index contributed by atoms with van der Waals surface area (Å²) in [5, 5.41) is 0. The van der Waals surface area contributed by atoms with Crippen LogP contribution < -0.4 is 9.47 Å². The number of halogens is 1. The van der Waals surface area contributed by atoms with Gasteiger partial charge in [0.1, 0.15) is 0 Å². The summed E-state index contributed by atoms with van der Waals surface area (Å²) < 4.78 is 16.6. The largest absolute Gasteiger partial charge is 0.493 e. The van der Waals surface area contributed by atoms with E-state index >= 15 is 0 Å². The Hall–Kier alpha value is -2.60. The zero-order valence-electron chi connectivity index (χ0n) is 14.0. The number of hydrogen-bond donors (Lipinski definition) is 0. The molecule has 0 unspecified atom stereocenters. The van der Waals surface area contributed by atoms with Crippen LogP contribution in [0.1, 0.15) is 16.7 Å². The van der Waals surface area contributed by atoms with Crippen LogP contribution in [0.15, 0.2) is 51.6 Å². The molecule has 0 bridgehead atoms. The Morgan fingerprint density at radius 1 is 1.12 bits per heavy atom. The number of carbonyl (C=O) groups is 1. The summed E-state index contributed by atoms with van der Waals surface area (Å²) in [6.45, 7) is 1.99. The first-order valence-electron chi connectivity index (χ1n) is 7.53. The normalized spacial score (nSPS) is 15.1. The molecular formula is C19H16BrNO4. The second kappa shape index (κ2) is 7.11. The minimum atomic E-state index is -0.485. The van der Waals surface area contributed by atoms with Crippen molar-refractivity contribution in [1.82, 2.24) is 0 Å². The maximum absolute atomic E-state index is 12.1. The van der Waals surface area contributed by atoms with Crippen molar-refractivity contribution in [1.29, 1.82) is 0 Å². The first kappa shape index (κ1) is 17.2. The van der Waals surface area contributed by atoms with Gasteiger partial charge in [0, 0.05) is 5.56 Å². The maximum atomic E-state index is 12.1. The Labute approximate surface area is 154 Å². The first-order valence-corrected chi connectivity index (χ1v) is 8.32. The van der Waals surface area contributed by atoms with Gasteiger partial charge in [-0.3, -0.25) is 0 Å². The Balaban J connectivity index is 1.97. The molecule has 25 heavy (non-hydrogen) atoms. The molecule has 1 aliphatic heterocycles. The molecule has 3 rings (SSSR count).